The molecule has 14 nitrogen and oxygen atoms in total. The van der Waals surface area contributed by atoms with Crippen LogP contribution < -0.4 is 16.8 Å². The van der Waals surface area contributed by atoms with E-state index in [9.17, 15) is 19.2 Å². The first kappa shape index (κ1) is 33.8. The van der Waals surface area contributed by atoms with E-state index in [-0.39, 0.29) is 17.1 Å². The number of nitrogen functional groups attached to an aromatic ring is 2. The summed E-state index contributed by atoms with van der Waals surface area (Å²) in [5.41, 5.74) is 12.0. The van der Waals surface area contributed by atoms with Crippen LogP contribution >= 0.6 is 0 Å². The number of nitrogens with one attached hydrogen (secondary N) is 1. The number of rotatable bonds is 6. The van der Waals surface area contributed by atoms with Crippen molar-refractivity contribution in [2.24, 2.45) is 0 Å². The fraction of sp³-hybridized carbons (Fsp3) is 0.296. The number of aromatic carboxylic acids is 1. The maximum atomic E-state index is 11.5. The molecule has 0 bridgehead atoms. The number of nitrogens with zero attached hydrogens (tertiary/aromatic N) is 3. The lowest BCUT2D eigenvalue weighted by atomic mass is 10.2. The predicted octanol–water partition coefficient (Wildman–Crippen LogP) is 3.81. The van der Waals surface area contributed by atoms with Crippen molar-refractivity contribution in [2.75, 3.05) is 30.0 Å². The Bertz CT molecular complexity index is 1280. The van der Waals surface area contributed by atoms with Gasteiger partial charge in [0.05, 0.1) is 48.9 Å². The number of carbonyl (C=O) groups is 4. The van der Waals surface area contributed by atoms with Crippen molar-refractivity contribution in [1.29, 1.82) is 0 Å². The third-order valence-electron chi connectivity index (χ3n) is 4.17. The van der Waals surface area contributed by atoms with Gasteiger partial charge < -0.3 is 30.8 Å². The Morgan fingerprint density at radius 2 is 1.20 bits per heavy atom. The number of amides is 1. The molecule has 0 unspecified atom stereocenters. The van der Waals surface area contributed by atoms with Crippen LogP contribution in [0.1, 0.15) is 66.1 Å². The number of nitrogens with two attached hydrogens (primary N) is 2. The molecule has 0 spiro atoms. The van der Waals surface area contributed by atoms with Gasteiger partial charge in [-0.2, -0.15) is 0 Å². The summed E-state index contributed by atoms with van der Waals surface area (Å²) in [7, 11) is 0. The van der Waals surface area contributed by atoms with E-state index >= 15 is 0 Å². The maximum absolute atomic E-state index is 11.5. The highest BCUT2D eigenvalue weighted by molar-refractivity contribution is 5.89. The molecular weight excluding hydrogens is 536 g/mol. The number of pyridine rings is 3. The summed E-state index contributed by atoms with van der Waals surface area (Å²) in [5, 5.41) is 10.9. The van der Waals surface area contributed by atoms with Crippen molar-refractivity contribution < 1.29 is 38.5 Å². The highest BCUT2D eigenvalue weighted by Crippen LogP contribution is 2.11. The minimum atomic E-state index is -1.04. The lowest BCUT2D eigenvalue weighted by Gasteiger charge is -2.19. The standard InChI is InChI=1S/C13H18N2O4.C8H10N2O2.C6H6N2O2/c1-5-18-11(16)10-7-6-9(8-14-10)15-12(17)19-13(2,3)4;1-2-12-8(11)7-4-3-6(9)5-10-7;7-4-1-2-5(6(9)10)8-3-4/h6-8H,5H2,1-4H3,(H,15,17);3-5H,2,9H2,1H3;1-3H,7H2,(H,9,10). The second-order valence-electron chi connectivity index (χ2n) is 8.76. The Morgan fingerprint density at radius 3 is 1.54 bits per heavy atom. The van der Waals surface area contributed by atoms with Crippen molar-refractivity contribution in [3.8, 4) is 0 Å². The summed E-state index contributed by atoms with van der Waals surface area (Å²) < 4.78 is 14.6. The molecule has 3 heterocycles. The zero-order chi connectivity index (χ0) is 31.0. The number of aromatic nitrogens is 3. The molecule has 6 N–H and O–H groups in total. The molecule has 3 aromatic heterocycles. The fourth-order valence-corrected chi connectivity index (χ4v) is 2.48. The van der Waals surface area contributed by atoms with Gasteiger partial charge in [-0.3, -0.25) is 5.32 Å². The summed E-state index contributed by atoms with van der Waals surface area (Å²) in [6.45, 7) is 9.42. The van der Waals surface area contributed by atoms with Crippen molar-refractivity contribution in [2.45, 2.75) is 40.2 Å². The van der Waals surface area contributed by atoms with E-state index in [4.69, 9.17) is 30.8 Å². The number of carbonyl (C=O) groups excluding carboxylic acids is 3. The van der Waals surface area contributed by atoms with Gasteiger partial charge in [-0.1, -0.05) is 0 Å². The molecule has 0 saturated heterocycles. The molecule has 3 rings (SSSR count). The number of esters is 2. The van der Waals surface area contributed by atoms with Crippen LogP contribution in [0.25, 0.3) is 0 Å². The largest absolute Gasteiger partial charge is 0.477 e. The lowest BCUT2D eigenvalue weighted by molar-refractivity contribution is 0.0510. The van der Waals surface area contributed by atoms with E-state index in [2.05, 4.69) is 20.3 Å². The fourth-order valence-electron chi connectivity index (χ4n) is 2.48. The number of ether oxygens (including phenoxy) is 3. The van der Waals surface area contributed by atoms with Crippen molar-refractivity contribution in [1.82, 2.24) is 15.0 Å². The topological polar surface area (TPSA) is 219 Å². The molecule has 0 aliphatic carbocycles. The van der Waals surface area contributed by atoms with Gasteiger partial charge in [0.2, 0.25) is 0 Å². The van der Waals surface area contributed by atoms with E-state index < -0.39 is 29.6 Å². The zero-order valence-electron chi connectivity index (χ0n) is 23.4. The van der Waals surface area contributed by atoms with Gasteiger partial charge in [-0.05, 0) is 71.0 Å². The van der Waals surface area contributed by atoms with Crippen molar-refractivity contribution in [3.63, 3.8) is 0 Å². The normalized spacial score (nSPS) is 9.98. The van der Waals surface area contributed by atoms with Crippen LogP contribution in [0.3, 0.4) is 0 Å². The molecule has 0 aromatic carbocycles. The summed E-state index contributed by atoms with van der Waals surface area (Å²) in [6, 6.07) is 9.04. The quantitative estimate of drug-likeness (QED) is 0.245. The average molecular weight is 571 g/mol. The Balaban J connectivity index is 0.000000328. The summed E-state index contributed by atoms with van der Waals surface area (Å²) >= 11 is 0. The SMILES string of the molecule is CCOC(=O)c1ccc(N)cn1.CCOC(=O)c1ccc(NC(=O)OC(C)(C)C)cn1.Nc1ccc(C(=O)O)nc1. The average Bonchev–Trinajstić information content (AvgIpc) is 2.90. The third kappa shape index (κ3) is 13.9. The zero-order valence-corrected chi connectivity index (χ0v) is 23.4. The molecule has 3 aromatic rings. The Kier molecular flexibility index (Phi) is 13.7. The molecule has 0 fully saturated rings. The molecule has 0 aliphatic rings. The van der Waals surface area contributed by atoms with Gasteiger partial charge in [0.25, 0.3) is 0 Å². The van der Waals surface area contributed by atoms with E-state index in [0.29, 0.717) is 30.3 Å². The first-order valence-electron chi connectivity index (χ1n) is 12.2. The van der Waals surface area contributed by atoms with Crippen molar-refractivity contribution >= 4 is 41.1 Å². The second kappa shape index (κ2) is 16.6. The molecule has 220 valence electrons. The third-order valence-corrected chi connectivity index (χ3v) is 4.17. The molecular formula is C27H34N6O8. The Labute approximate surface area is 237 Å². The molecule has 0 atom stereocenters. The summed E-state index contributed by atoms with van der Waals surface area (Å²) in [6.07, 6.45) is 3.53. The van der Waals surface area contributed by atoms with Gasteiger partial charge in [-0.15, -0.1) is 0 Å². The van der Waals surface area contributed by atoms with E-state index in [1.807, 2.05) is 0 Å². The molecule has 0 radical (unpaired) electrons. The van der Waals surface area contributed by atoms with E-state index in [0.717, 1.165) is 0 Å². The number of hydrogen-bond donors (Lipinski definition) is 4. The van der Waals surface area contributed by atoms with Crippen LogP contribution in [0.2, 0.25) is 0 Å². The van der Waals surface area contributed by atoms with Crippen LogP contribution in [0.4, 0.5) is 21.9 Å². The van der Waals surface area contributed by atoms with Crippen molar-refractivity contribution in [3.05, 3.63) is 72.1 Å². The number of carboxylic acids is 1. The van der Waals surface area contributed by atoms with E-state index in [1.54, 1.807) is 46.8 Å². The summed E-state index contributed by atoms with van der Waals surface area (Å²) in [5.74, 6) is -1.95. The predicted molar refractivity (Wildman–Crippen MR) is 150 cm³/mol. The highest BCUT2D eigenvalue weighted by Gasteiger charge is 2.16. The monoisotopic (exact) mass is 570 g/mol. The molecule has 14 heteroatoms. The van der Waals surface area contributed by atoms with Crippen LogP contribution in [0.5, 0.6) is 0 Å². The second-order valence-corrected chi connectivity index (χ2v) is 8.76. The minimum absolute atomic E-state index is 0.00852. The maximum Gasteiger partial charge on any atom is 0.412 e. The molecule has 0 saturated carbocycles. The van der Waals surface area contributed by atoms with Crippen LogP contribution in [0, 0.1) is 0 Å². The summed E-state index contributed by atoms with van der Waals surface area (Å²) in [4.78, 5) is 55.4. The Morgan fingerprint density at radius 1 is 0.756 bits per heavy atom. The highest BCUT2D eigenvalue weighted by atomic mass is 16.6. The van der Waals surface area contributed by atoms with Gasteiger partial charge >= 0.3 is 24.0 Å². The number of carboxylic acid groups (broad SMARTS) is 1. The molecule has 41 heavy (non-hydrogen) atoms. The van der Waals surface area contributed by atoms with Gasteiger partial charge in [0.15, 0.2) is 0 Å². The smallest absolute Gasteiger partial charge is 0.412 e. The molecule has 1 amide bonds. The Hall–Kier alpha value is -5.27. The van der Waals surface area contributed by atoms with Gasteiger partial charge in [0.1, 0.15) is 22.7 Å². The number of anilines is 3. The minimum Gasteiger partial charge on any atom is -0.477 e. The van der Waals surface area contributed by atoms with Crippen LogP contribution in [0.15, 0.2) is 55.0 Å². The molecule has 0 aliphatic heterocycles. The lowest BCUT2D eigenvalue weighted by Crippen LogP contribution is -2.27. The number of hydrogen-bond acceptors (Lipinski definition) is 12. The van der Waals surface area contributed by atoms with Gasteiger partial charge in [0, 0.05) is 0 Å². The van der Waals surface area contributed by atoms with Crippen LogP contribution in [-0.4, -0.2) is 62.9 Å². The van der Waals surface area contributed by atoms with Crippen LogP contribution in [-0.2, 0) is 14.2 Å². The van der Waals surface area contributed by atoms with Gasteiger partial charge in [-0.25, -0.2) is 34.1 Å². The van der Waals surface area contributed by atoms with E-state index in [1.165, 1.54) is 42.9 Å². The first-order valence-corrected chi connectivity index (χ1v) is 12.2. The first-order chi connectivity index (χ1) is 19.2.